The van der Waals surface area contributed by atoms with Crippen molar-refractivity contribution in [1.82, 2.24) is 15.5 Å². The number of rotatable bonds is 2. The topological polar surface area (TPSA) is 51.0 Å². The summed E-state index contributed by atoms with van der Waals surface area (Å²) in [5.41, 5.74) is 2.82. The zero-order chi connectivity index (χ0) is 13.4. The SMILES string of the molecule is c1ccc2c(c1)CCCC2c1noc([C@@H]2CCCN2)n1. The van der Waals surface area contributed by atoms with Crippen LogP contribution in [0.2, 0.25) is 0 Å². The molecule has 1 aromatic heterocycles. The molecule has 20 heavy (non-hydrogen) atoms. The van der Waals surface area contributed by atoms with Gasteiger partial charge in [0.05, 0.1) is 6.04 Å². The van der Waals surface area contributed by atoms with E-state index in [1.165, 1.54) is 30.4 Å². The summed E-state index contributed by atoms with van der Waals surface area (Å²) < 4.78 is 5.49. The van der Waals surface area contributed by atoms with Crippen molar-refractivity contribution in [3.05, 3.63) is 47.1 Å². The number of benzene rings is 1. The highest BCUT2D eigenvalue weighted by Gasteiger charge is 2.28. The average Bonchev–Trinajstić information content (AvgIpc) is 3.17. The van der Waals surface area contributed by atoms with Gasteiger partial charge in [-0.2, -0.15) is 4.98 Å². The number of aryl methyl sites for hydroxylation is 1. The van der Waals surface area contributed by atoms with Crippen molar-refractivity contribution in [2.24, 2.45) is 0 Å². The molecule has 0 bridgehead atoms. The van der Waals surface area contributed by atoms with E-state index in [1.54, 1.807) is 0 Å². The van der Waals surface area contributed by atoms with Gasteiger partial charge in [-0.25, -0.2) is 0 Å². The fourth-order valence-corrected chi connectivity index (χ4v) is 3.45. The van der Waals surface area contributed by atoms with E-state index in [2.05, 4.69) is 39.7 Å². The predicted octanol–water partition coefficient (Wildman–Crippen LogP) is 2.96. The van der Waals surface area contributed by atoms with Gasteiger partial charge in [-0.15, -0.1) is 0 Å². The van der Waals surface area contributed by atoms with Crippen molar-refractivity contribution in [3.8, 4) is 0 Å². The van der Waals surface area contributed by atoms with Crippen molar-refractivity contribution in [2.45, 2.75) is 44.1 Å². The molecule has 2 atom stereocenters. The Morgan fingerprint density at radius 3 is 3.00 bits per heavy atom. The Balaban J connectivity index is 1.65. The number of aromatic nitrogens is 2. The molecule has 1 N–H and O–H groups in total. The zero-order valence-corrected chi connectivity index (χ0v) is 11.5. The molecule has 4 rings (SSSR count). The van der Waals surface area contributed by atoms with E-state index < -0.39 is 0 Å². The highest BCUT2D eigenvalue weighted by atomic mass is 16.5. The van der Waals surface area contributed by atoms with Crippen LogP contribution in [-0.2, 0) is 6.42 Å². The number of hydrogen-bond donors (Lipinski definition) is 1. The van der Waals surface area contributed by atoms with E-state index in [0.717, 1.165) is 31.1 Å². The molecule has 1 saturated heterocycles. The summed E-state index contributed by atoms with van der Waals surface area (Å²) in [4.78, 5) is 4.67. The van der Waals surface area contributed by atoms with Gasteiger partial charge in [0.1, 0.15) is 0 Å². The standard InChI is InChI=1S/C16H19N3O/c1-2-7-12-11(5-1)6-3-8-13(12)15-18-16(20-19-15)14-9-4-10-17-14/h1-2,5,7,13-14,17H,3-4,6,8-10H2/t13?,14-/m0/s1. The third-order valence-electron chi connectivity index (χ3n) is 4.50. The molecule has 2 aromatic rings. The molecular weight excluding hydrogens is 250 g/mol. The molecule has 1 aliphatic heterocycles. The van der Waals surface area contributed by atoms with Crippen LogP contribution < -0.4 is 5.32 Å². The molecule has 1 fully saturated rings. The van der Waals surface area contributed by atoms with Crippen LogP contribution in [0.1, 0.15) is 60.5 Å². The van der Waals surface area contributed by atoms with Gasteiger partial charge in [-0.05, 0) is 49.8 Å². The second-order valence-corrected chi connectivity index (χ2v) is 5.78. The lowest BCUT2D eigenvalue weighted by molar-refractivity contribution is 0.339. The third-order valence-corrected chi connectivity index (χ3v) is 4.50. The van der Waals surface area contributed by atoms with E-state index in [0.29, 0.717) is 5.92 Å². The van der Waals surface area contributed by atoms with Crippen LogP contribution in [0.4, 0.5) is 0 Å². The molecule has 0 spiro atoms. The Bertz CT molecular complexity index is 601. The Kier molecular flexibility index (Phi) is 3.03. The fraction of sp³-hybridized carbons (Fsp3) is 0.500. The second kappa shape index (κ2) is 5.02. The van der Waals surface area contributed by atoms with Crippen LogP contribution in [0.3, 0.4) is 0 Å². The molecule has 104 valence electrons. The quantitative estimate of drug-likeness (QED) is 0.910. The zero-order valence-electron chi connectivity index (χ0n) is 11.5. The Labute approximate surface area is 118 Å². The Morgan fingerprint density at radius 2 is 2.10 bits per heavy atom. The van der Waals surface area contributed by atoms with E-state index in [9.17, 15) is 0 Å². The van der Waals surface area contributed by atoms with Crippen molar-refractivity contribution in [2.75, 3.05) is 6.54 Å². The minimum Gasteiger partial charge on any atom is -0.338 e. The molecule has 0 saturated carbocycles. The van der Waals surface area contributed by atoms with Gasteiger partial charge in [-0.1, -0.05) is 29.4 Å². The van der Waals surface area contributed by atoms with E-state index >= 15 is 0 Å². The van der Waals surface area contributed by atoms with E-state index in [4.69, 9.17) is 4.52 Å². The number of hydrogen-bond acceptors (Lipinski definition) is 4. The molecule has 0 radical (unpaired) electrons. The molecule has 1 unspecified atom stereocenters. The van der Waals surface area contributed by atoms with Crippen LogP contribution in [-0.4, -0.2) is 16.7 Å². The summed E-state index contributed by atoms with van der Waals surface area (Å²) in [7, 11) is 0. The number of nitrogens with zero attached hydrogens (tertiary/aromatic N) is 2. The van der Waals surface area contributed by atoms with Gasteiger partial charge < -0.3 is 9.84 Å². The number of nitrogens with one attached hydrogen (secondary N) is 1. The Morgan fingerprint density at radius 1 is 1.15 bits per heavy atom. The molecule has 0 amide bonds. The summed E-state index contributed by atoms with van der Waals surface area (Å²) in [6.07, 6.45) is 5.78. The largest absolute Gasteiger partial charge is 0.338 e. The van der Waals surface area contributed by atoms with Gasteiger partial charge in [0.2, 0.25) is 5.89 Å². The molecule has 4 nitrogen and oxygen atoms in total. The third kappa shape index (κ3) is 2.04. The molecule has 1 aliphatic carbocycles. The van der Waals surface area contributed by atoms with Crippen LogP contribution in [0.15, 0.2) is 28.8 Å². The maximum absolute atomic E-state index is 5.49. The minimum atomic E-state index is 0.259. The molecule has 2 aliphatic rings. The first kappa shape index (κ1) is 12.1. The molecular formula is C16H19N3O. The van der Waals surface area contributed by atoms with Gasteiger partial charge in [-0.3, -0.25) is 0 Å². The van der Waals surface area contributed by atoms with Crippen LogP contribution in [0, 0.1) is 0 Å². The molecule has 2 heterocycles. The van der Waals surface area contributed by atoms with Gasteiger partial charge in [0, 0.05) is 5.92 Å². The van der Waals surface area contributed by atoms with E-state index in [1.807, 2.05) is 0 Å². The first-order chi connectivity index (χ1) is 9.92. The maximum atomic E-state index is 5.49. The summed E-state index contributed by atoms with van der Waals surface area (Å²) in [5.74, 6) is 1.93. The van der Waals surface area contributed by atoms with Crippen molar-refractivity contribution < 1.29 is 4.52 Å². The summed E-state index contributed by atoms with van der Waals surface area (Å²) >= 11 is 0. The normalized spacial score (nSPS) is 25.6. The Hall–Kier alpha value is -1.68. The smallest absolute Gasteiger partial charge is 0.243 e. The fourth-order valence-electron chi connectivity index (χ4n) is 3.45. The summed E-state index contributed by atoms with van der Waals surface area (Å²) in [5, 5.41) is 7.67. The lowest BCUT2D eigenvalue weighted by atomic mass is 9.82. The van der Waals surface area contributed by atoms with Crippen LogP contribution >= 0.6 is 0 Å². The highest BCUT2D eigenvalue weighted by molar-refractivity contribution is 5.36. The number of fused-ring (bicyclic) bond motifs is 1. The molecule has 1 aromatic carbocycles. The first-order valence-corrected chi connectivity index (χ1v) is 7.56. The van der Waals surface area contributed by atoms with Gasteiger partial charge in [0.25, 0.3) is 0 Å². The lowest BCUT2D eigenvalue weighted by Crippen LogP contribution is -2.14. The van der Waals surface area contributed by atoms with Crippen molar-refractivity contribution >= 4 is 0 Å². The highest BCUT2D eigenvalue weighted by Crippen LogP contribution is 2.35. The van der Waals surface area contributed by atoms with Crippen LogP contribution in [0.25, 0.3) is 0 Å². The second-order valence-electron chi connectivity index (χ2n) is 5.78. The average molecular weight is 269 g/mol. The van der Waals surface area contributed by atoms with Gasteiger partial charge in [0.15, 0.2) is 5.82 Å². The summed E-state index contributed by atoms with van der Waals surface area (Å²) in [6, 6.07) is 8.92. The first-order valence-electron chi connectivity index (χ1n) is 7.56. The van der Waals surface area contributed by atoms with Crippen LogP contribution in [0.5, 0.6) is 0 Å². The van der Waals surface area contributed by atoms with Crippen molar-refractivity contribution in [1.29, 1.82) is 0 Å². The van der Waals surface area contributed by atoms with Crippen molar-refractivity contribution in [3.63, 3.8) is 0 Å². The minimum absolute atomic E-state index is 0.259. The monoisotopic (exact) mass is 269 g/mol. The predicted molar refractivity (Wildman–Crippen MR) is 75.5 cm³/mol. The summed E-state index contributed by atoms with van der Waals surface area (Å²) in [6.45, 7) is 1.05. The van der Waals surface area contributed by atoms with E-state index in [-0.39, 0.29) is 6.04 Å². The maximum Gasteiger partial charge on any atom is 0.243 e. The van der Waals surface area contributed by atoms with Gasteiger partial charge >= 0.3 is 0 Å². The molecule has 4 heteroatoms. The lowest BCUT2D eigenvalue weighted by Gasteiger charge is -2.22.